The van der Waals surface area contributed by atoms with E-state index in [1.165, 1.54) is 4.31 Å². The number of hydrogen-bond acceptors (Lipinski definition) is 4. The fraction of sp³-hybridized carbons (Fsp3) is 0.619. The molecule has 7 nitrogen and oxygen atoms in total. The molecular weight excluding hydrogens is 390 g/mol. The van der Waals surface area contributed by atoms with E-state index < -0.39 is 21.6 Å². The van der Waals surface area contributed by atoms with Crippen LogP contribution in [0.4, 0.5) is 0 Å². The third-order valence-corrected chi connectivity index (χ3v) is 7.73. The van der Waals surface area contributed by atoms with E-state index >= 15 is 0 Å². The minimum Gasteiger partial charge on any atom is -0.348 e. The summed E-state index contributed by atoms with van der Waals surface area (Å²) in [5.74, 6) is -0.524. The molecule has 1 aliphatic heterocycles. The van der Waals surface area contributed by atoms with Crippen LogP contribution in [0.1, 0.15) is 51.0 Å². The highest BCUT2D eigenvalue weighted by Crippen LogP contribution is 2.32. The summed E-state index contributed by atoms with van der Waals surface area (Å²) in [7, 11) is -3.46. The van der Waals surface area contributed by atoms with E-state index in [0.29, 0.717) is 12.8 Å². The van der Waals surface area contributed by atoms with Crippen molar-refractivity contribution in [2.24, 2.45) is 0 Å². The molecule has 0 radical (unpaired) electrons. The maximum Gasteiger partial charge on any atom is 0.244 e. The number of sulfonamides is 1. The van der Waals surface area contributed by atoms with E-state index in [9.17, 15) is 18.0 Å². The fourth-order valence-electron chi connectivity index (χ4n) is 4.28. The molecule has 2 aliphatic rings. The van der Waals surface area contributed by atoms with Crippen molar-refractivity contribution >= 4 is 21.8 Å². The molecule has 1 saturated carbocycles. The summed E-state index contributed by atoms with van der Waals surface area (Å²) in [6, 6.07) is 9.06. The molecule has 3 rings (SSSR count). The Balaban J connectivity index is 1.63. The van der Waals surface area contributed by atoms with Gasteiger partial charge in [-0.3, -0.25) is 9.59 Å². The summed E-state index contributed by atoms with van der Waals surface area (Å²) in [6.45, 7) is 1.89. The normalized spacial score (nSPS) is 22.2. The molecule has 0 aromatic heterocycles. The van der Waals surface area contributed by atoms with E-state index in [0.717, 1.165) is 37.7 Å². The van der Waals surface area contributed by atoms with Gasteiger partial charge in [0.1, 0.15) is 6.04 Å². The van der Waals surface area contributed by atoms with Crippen molar-refractivity contribution in [3.8, 4) is 0 Å². The Kier molecular flexibility index (Phi) is 6.95. The Hall–Kier alpha value is -1.93. The molecule has 1 atom stereocenters. The summed E-state index contributed by atoms with van der Waals surface area (Å²) in [4.78, 5) is 25.3. The summed E-state index contributed by atoms with van der Waals surface area (Å²) < 4.78 is 26.6. The number of hydrogen-bond donors (Lipinski definition) is 2. The maximum absolute atomic E-state index is 12.8. The van der Waals surface area contributed by atoms with Crippen molar-refractivity contribution < 1.29 is 18.0 Å². The number of nitrogens with one attached hydrogen (secondary N) is 2. The van der Waals surface area contributed by atoms with Crippen LogP contribution in [0.5, 0.6) is 0 Å². The number of amides is 2. The van der Waals surface area contributed by atoms with Crippen LogP contribution in [-0.4, -0.2) is 55.0 Å². The third-order valence-electron chi connectivity index (χ3n) is 5.94. The number of rotatable bonds is 7. The largest absolute Gasteiger partial charge is 0.348 e. The van der Waals surface area contributed by atoms with Gasteiger partial charge in [-0.2, -0.15) is 4.31 Å². The second-order valence-electron chi connectivity index (χ2n) is 8.13. The van der Waals surface area contributed by atoms with Gasteiger partial charge in [0.05, 0.1) is 11.3 Å². The SMILES string of the molecule is CCS(=O)(=O)N1CC(NC(=O)CCCc2ccccc2)C(=O)NC2(CCCC2)C1. The molecule has 1 heterocycles. The summed E-state index contributed by atoms with van der Waals surface area (Å²) in [5, 5.41) is 5.83. The average molecular weight is 422 g/mol. The smallest absolute Gasteiger partial charge is 0.244 e. The average Bonchev–Trinajstić information content (AvgIpc) is 3.09. The Morgan fingerprint density at radius 3 is 2.59 bits per heavy atom. The van der Waals surface area contributed by atoms with Crippen molar-refractivity contribution in [2.75, 3.05) is 18.8 Å². The first-order valence-corrected chi connectivity index (χ1v) is 12.1. The van der Waals surface area contributed by atoms with E-state index in [-0.39, 0.29) is 30.7 Å². The van der Waals surface area contributed by atoms with Crippen LogP contribution in [0.2, 0.25) is 0 Å². The highest BCUT2D eigenvalue weighted by Gasteiger charge is 2.44. The van der Waals surface area contributed by atoms with Gasteiger partial charge < -0.3 is 10.6 Å². The quantitative estimate of drug-likeness (QED) is 0.699. The molecule has 8 heteroatoms. The fourth-order valence-corrected chi connectivity index (χ4v) is 5.47. The molecule has 1 spiro atoms. The van der Waals surface area contributed by atoms with E-state index in [1.54, 1.807) is 6.92 Å². The van der Waals surface area contributed by atoms with Crippen LogP contribution in [0.25, 0.3) is 0 Å². The molecule has 160 valence electrons. The lowest BCUT2D eigenvalue weighted by Crippen LogP contribution is -2.54. The van der Waals surface area contributed by atoms with Crippen molar-refractivity contribution in [1.29, 1.82) is 0 Å². The van der Waals surface area contributed by atoms with E-state index in [1.807, 2.05) is 30.3 Å². The highest BCUT2D eigenvalue weighted by atomic mass is 32.2. The van der Waals surface area contributed by atoms with Crippen LogP contribution in [0.15, 0.2) is 30.3 Å². The molecule has 1 aliphatic carbocycles. The van der Waals surface area contributed by atoms with Crippen LogP contribution < -0.4 is 10.6 Å². The monoisotopic (exact) mass is 421 g/mol. The molecule has 1 aromatic carbocycles. The summed E-state index contributed by atoms with van der Waals surface area (Å²) in [5.41, 5.74) is 0.655. The van der Waals surface area contributed by atoms with Crippen molar-refractivity contribution in [3.63, 3.8) is 0 Å². The van der Waals surface area contributed by atoms with Crippen molar-refractivity contribution in [2.45, 2.75) is 63.5 Å². The predicted molar refractivity (Wildman–Crippen MR) is 112 cm³/mol. The Morgan fingerprint density at radius 1 is 1.24 bits per heavy atom. The first kappa shape index (κ1) is 21.8. The second-order valence-corrected chi connectivity index (χ2v) is 10.4. The molecule has 2 amide bonds. The first-order valence-electron chi connectivity index (χ1n) is 10.5. The van der Waals surface area contributed by atoms with Crippen LogP contribution in [0, 0.1) is 0 Å². The van der Waals surface area contributed by atoms with Gasteiger partial charge in [0.25, 0.3) is 0 Å². The third kappa shape index (κ3) is 5.57. The van der Waals surface area contributed by atoms with Gasteiger partial charge in [-0.1, -0.05) is 43.2 Å². The zero-order valence-corrected chi connectivity index (χ0v) is 17.8. The number of nitrogens with zero attached hydrogens (tertiary/aromatic N) is 1. The lowest BCUT2D eigenvalue weighted by Gasteiger charge is -2.32. The zero-order chi connectivity index (χ0) is 20.9. The minimum atomic E-state index is -3.46. The number of carbonyl (C=O) groups is 2. The first-order chi connectivity index (χ1) is 13.8. The van der Waals surface area contributed by atoms with Crippen LogP contribution >= 0.6 is 0 Å². The molecule has 1 saturated heterocycles. The Bertz CT molecular complexity index is 820. The van der Waals surface area contributed by atoms with Gasteiger partial charge in [0.15, 0.2) is 0 Å². The van der Waals surface area contributed by atoms with Gasteiger partial charge in [-0.25, -0.2) is 8.42 Å². The van der Waals surface area contributed by atoms with E-state index in [4.69, 9.17) is 0 Å². The number of carbonyl (C=O) groups excluding carboxylic acids is 2. The Labute approximate surface area is 173 Å². The molecule has 2 fully saturated rings. The van der Waals surface area contributed by atoms with Crippen molar-refractivity contribution in [1.82, 2.24) is 14.9 Å². The topological polar surface area (TPSA) is 95.6 Å². The highest BCUT2D eigenvalue weighted by molar-refractivity contribution is 7.89. The minimum absolute atomic E-state index is 0.00577. The van der Waals surface area contributed by atoms with Gasteiger partial charge in [0, 0.05) is 19.5 Å². The standard InChI is InChI=1S/C21H31N3O4S/c1-2-29(27,28)24-15-18(20(26)23-21(16-24)13-6-7-14-21)22-19(25)12-8-11-17-9-4-3-5-10-17/h3-5,9-10,18H,2,6-8,11-16H2,1H3,(H,22,25)(H,23,26). The number of aryl methyl sites for hydroxylation is 1. The zero-order valence-electron chi connectivity index (χ0n) is 17.0. The van der Waals surface area contributed by atoms with Gasteiger partial charge in [0.2, 0.25) is 21.8 Å². The Morgan fingerprint density at radius 2 is 1.93 bits per heavy atom. The second kappa shape index (κ2) is 9.26. The van der Waals surface area contributed by atoms with Crippen LogP contribution in [0.3, 0.4) is 0 Å². The summed E-state index contributed by atoms with van der Waals surface area (Å²) >= 11 is 0. The summed E-state index contributed by atoms with van der Waals surface area (Å²) in [6.07, 6.45) is 5.23. The lowest BCUT2D eigenvalue weighted by atomic mass is 9.98. The van der Waals surface area contributed by atoms with Crippen molar-refractivity contribution in [3.05, 3.63) is 35.9 Å². The molecule has 1 aromatic rings. The molecular formula is C21H31N3O4S. The van der Waals surface area contributed by atoms with Gasteiger partial charge >= 0.3 is 0 Å². The molecule has 2 N–H and O–H groups in total. The lowest BCUT2D eigenvalue weighted by molar-refractivity contribution is -0.129. The van der Waals surface area contributed by atoms with Crippen LogP contribution in [-0.2, 0) is 26.0 Å². The van der Waals surface area contributed by atoms with Gasteiger partial charge in [-0.15, -0.1) is 0 Å². The maximum atomic E-state index is 12.8. The molecule has 29 heavy (non-hydrogen) atoms. The van der Waals surface area contributed by atoms with Gasteiger partial charge in [-0.05, 0) is 38.2 Å². The molecule has 0 bridgehead atoms. The predicted octanol–water partition coefficient (Wildman–Crippen LogP) is 1.59. The number of benzene rings is 1. The van der Waals surface area contributed by atoms with E-state index in [2.05, 4.69) is 10.6 Å². The molecule has 1 unspecified atom stereocenters.